The molecule has 0 aliphatic rings. The second-order valence-electron chi connectivity index (χ2n) is 3.58. The first-order chi connectivity index (χ1) is 8.47. The summed E-state index contributed by atoms with van der Waals surface area (Å²) in [5, 5.41) is 12.0. The molecule has 18 heavy (non-hydrogen) atoms. The Bertz CT molecular complexity index is 616. The second-order valence-corrected chi connectivity index (χ2v) is 5.67. The standard InChI is InChI=1S/C11H10N2O3S2/c1-5-9(18-11(12-5)13-6(2)14)7-3-4-8(17-7)10(15)16/h3-4H,1-2H3,(H,15,16)(H,12,13,14). The van der Waals surface area contributed by atoms with Crippen molar-refractivity contribution >= 4 is 39.7 Å². The molecule has 0 aromatic carbocycles. The van der Waals surface area contributed by atoms with Crippen molar-refractivity contribution in [3.63, 3.8) is 0 Å². The zero-order valence-corrected chi connectivity index (χ0v) is 11.3. The number of hydrogen-bond donors (Lipinski definition) is 2. The second kappa shape index (κ2) is 4.87. The Kier molecular flexibility index (Phi) is 3.44. The molecule has 5 nitrogen and oxygen atoms in total. The van der Waals surface area contributed by atoms with E-state index in [1.54, 1.807) is 12.1 Å². The SMILES string of the molecule is CC(=O)Nc1nc(C)c(-c2ccc(C(=O)O)s2)s1. The smallest absolute Gasteiger partial charge is 0.345 e. The molecule has 0 radical (unpaired) electrons. The lowest BCUT2D eigenvalue weighted by Gasteiger charge is -1.92. The van der Waals surface area contributed by atoms with Gasteiger partial charge in [0.2, 0.25) is 5.91 Å². The lowest BCUT2D eigenvalue weighted by molar-refractivity contribution is -0.114. The maximum absolute atomic E-state index is 10.9. The number of nitrogens with one attached hydrogen (secondary N) is 1. The van der Waals surface area contributed by atoms with Gasteiger partial charge in [-0.3, -0.25) is 4.79 Å². The van der Waals surface area contributed by atoms with Gasteiger partial charge in [0, 0.05) is 11.8 Å². The van der Waals surface area contributed by atoms with E-state index in [0.29, 0.717) is 10.0 Å². The quantitative estimate of drug-likeness (QED) is 0.907. The molecule has 7 heteroatoms. The number of aryl methyl sites for hydroxylation is 1. The monoisotopic (exact) mass is 282 g/mol. The predicted octanol–water partition coefficient (Wildman–Crippen LogP) is 2.84. The maximum atomic E-state index is 10.9. The summed E-state index contributed by atoms with van der Waals surface area (Å²) in [7, 11) is 0. The minimum atomic E-state index is -0.935. The Labute approximate surface area is 111 Å². The van der Waals surface area contributed by atoms with E-state index < -0.39 is 5.97 Å². The molecule has 2 aromatic rings. The van der Waals surface area contributed by atoms with Gasteiger partial charge in [-0.2, -0.15) is 0 Å². The molecule has 0 spiro atoms. The minimum absolute atomic E-state index is 0.173. The van der Waals surface area contributed by atoms with Crippen LogP contribution in [0.15, 0.2) is 12.1 Å². The number of amides is 1. The fraction of sp³-hybridized carbons (Fsp3) is 0.182. The first-order valence-electron chi connectivity index (χ1n) is 5.06. The van der Waals surface area contributed by atoms with Crippen molar-refractivity contribution in [3.05, 3.63) is 22.7 Å². The Morgan fingerprint density at radius 3 is 2.61 bits per heavy atom. The highest BCUT2D eigenvalue weighted by Gasteiger charge is 2.14. The van der Waals surface area contributed by atoms with Gasteiger partial charge >= 0.3 is 5.97 Å². The van der Waals surface area contributed by atoms with Crippen LogP contribution in [0.3, 0.4) is 0 Å². The highest BCUT2D eigenvalue weighted by molar-refractivity contribution is 7.24. The fourth-order valence-corrected chi connectivity index (χ4v) is 3.42. The van der Waals surface area contributed by atoms with Crippen LogP contribution < -0.4 is 5.32 Å². The fourth-order valence-electron chi connectivity index (χ4n) is 1.40. The van der Waals surface area contributed by atoms with E-state index in [0.717, 1.165) is 15.4 Å². The van der Waals surface area contributed by atoms with Crippen LogP contribution in [0.2, 0.25) is 0 Å². The van der Waals surface area contributed by atoms with Crippen LogP contribution in [0.4, 0.5) is 5.13 Å². The summed E-state index contributed by atoms with van der Waals surface area (Å²) >= 11 is 2.54. The third-order valence-electron chi connectivity index (χ3n) is 2.12. The third-order valence-corrected chi connectivity index (χ3v) is 4.45. The Balaban J connectivity index is 2.34. The number of thiophene rings is 1. The van der Waals surface area contributed by atoms with Crippen molar-refractivity contribution in [2.45, 2.75) is 13.8 Å². The van der Waals surface area contributed by atoms with E-state index in [2.05, 4.69) is 10.3 Å². The molecule has 0 saturated heterocycles. The molecule has 94 valence electrons. The van der Waals surface area contributed by atoms with Crippen LogP contribution in [-0.4, -0.2) is 22.0 Å². The molecule has 0 bridgehead atoms. The zero-order chi connectivity index (χ0) is 13.3. The summed E-state index contributed by atoms with van der Waals surface area (Å²) in [6.07, 6.45) is 0. The number of anilines is 1. The van der Waals surface area contributed by atoms with Gasteiger partial charge in [-0.15, -0.1) is 11.3 Å². The van der Waals surface area contributed by atoms with Gasteiger partial charge in [0.25, 0.3) is 0 Å². The topological polar surface area (TPSA) is 79.3 Å². The Morgan fingerprint density at radius 1 is 1.33 bits per heavy atom. The summed E-state index contributed by atoms with van der Waals surface area (Å²) in [4.78, 5) is 28.0. The molecule has 2 N–H and O–H groups in total. The number of carbonyl (C=O) groups excluding carboxylic acids is 1. The van der Waals surface area contributed by atoms with Gasteiger partial charge in [0.1, 0.15) is 4.88 Å². The van der Waals surface area contributed by atoms with E-state index in [9.17, 15) is 9.59 Å². The van der Waals surface area contributed by atoms with Crippen molar-refractivity contribution in [1.29, 1.82) is 0 Å². The number of nitrogens with zero attached hydrogens (tertiary/aromatic N) is 1. The molecule has 2 aromatic heterocycles. The van der Waals surface area contributed by atoms with Gasteiger partial charge in [0.15, 0.2) is 5.13 Å². The Morgan fingerprint density at radius 2 is 2.06 bits per heavy atom. The van der Waals surface area contributed by atoms with E-state index in [1.165, 1.54) is 29.6 Å². The first-order valence-corrected chi connectivity index (χ1v) is 6.69. The van der Waals surface area contributed by atoms with Crippen molar-refractivity contribution < 1.29 is 14.7 Å². The van der Waals surface area contributed by atoms with Crippen LogP contribution in [0, 0.1) is 6.92 Å². The Hall–Kier alpha value is -1.73. The van der Waals surface area contributed by atoms with E-state index >= 15 is 0 Å². The molecule has 2 heterocycles. The van der Waals surface area contributed by atoms with Gasteiger partial charge in [-0.05, 0) is 19.1 Å². The van der Waals surface area contributed by atoms with Crippen LogP contribution in [0.1, 0.15) is 22.3 Å². The van der Waals surface area contributed by atoms with Crippen LogP contribution >= 0.6 is 22.7 Å². The molecule has 0 unspecified atom stereocenters. The van der Waals surface area contributed by atoms with Gasteiger partial charge in [0.05, 0.1) is 10.6 Å². The van der Waals surface area contributed by atoms with E-state index in [4.69, 9.17) is 5.11 Å². The molecule has 0 aliphatic carbocycles. The van der Waals surface area contributed by atoms with Gasteiger partial charge < -0.3 is 10.4 Å². The lowest BCUT2D eigenvalue weighted by atomic mass is 10.3. The molecular weight excluding hydrogens is 272 g/mol. The van der Waals surface area contributed by atoms with Crippen molar-refractivity contribution in [2.24, 2.45) is 0 Å². The summed E-state index contributed by atoms with van der Waals surface area (Å²) in [6, 6.07) is 3.33. The molecule has 0 fully saturated rings. The predicted molar refractivity (Wildman–Crippen MR) is 71.4 cm³/mol. The number of aromatic nitrogens is 1. The number of carboxylic acids is 1. The average molecular weight is 282 g/mol. The number of thiazole rings is 1. The van der Waals surface area contributed by atoms with Crippen LogP contribution in [-0.2, 0) is 4.79 Å². The minimum Gasteiger partial charge on any atom is -0.477 e. The molecule has 2 rings (SSSR count). The number of carbonyl (C=O) groups is 2. The molecule has 0 saturated carbocycles. The highest BCUT2D eigenvalue weighted by Crippen LogP contribution is 2.36. The summed E-state index contributed by atoms with van der Waals surface area (Å²) in [5.74, 6) is -1.11. The molecule has 0 atom stereocenters. The zero-order valence-electron chi connectivity index (χ0n) is 9.68. The van der Waals surface area contributed by atoms with Crippen molar-refractivity contribution in [1.82, 2.24) is 4.98 Å². The van der Waals surface area contributed by atoms with Gasteiger partial charge in [-0.1, -0.05) is 11.3 Å². The molecule has 0 aliphatic heterocycles. The molecular formula is C11H10N2O3S2. The number of rotatable bonds is 3. The van der Waals surface area contributed by atoms with E-state index in [-0.39, 0.29) is 5.91 Å². The number of hydrogen-bond acceptors (Lipinski definition) is 5. The van der Waals surface area contributed by atoms with Crippen LogP contribution in [0.5, 0.6) is 0 Å². The summed E-state index contributed by atoms with van der Waals surface area (Å²) in [5.41, 5.74) is 0.780. The largest absolute Gasteiger partial charge is 0.477 e. The van der Waals surface area contributed by atoms with E-state index in [1.807, 2.05) is 6.92 Å². The van der Waals surface area contributed by atoms with Crippen molar-refractivity contribution in [2.75, 3.05) is 5.32 Å². The maximum Gasteiger partial charge on any atom is 0.345 e. The summed E-state index contributed by atoms with van der Waals surface area (Å²) in [6.45, 7) is 3.25. The van der Waals surface area contributed by atoms with Crippen LogP contribution in [0.25, 0.3) is 9.75 Å². The number of carboxylic acid groups (broad SMARTS) is 1. The first kappa shape index (κ1) is 12.7. The lowest BCUT2D eigenvalue weighted by Crippen LogP contribution is -2.04. The van der Waals surface area contributed by atoms with Crippen molar-refractivity contribution in [3.8, 4) is 9.75 Å². The highest BCUT2D eigenvalue weighted by atomic mass is 32.1. The van der Waals surface area contributed by atoms with Gasteiger partial charge in [-0.25, -0.2) is 9.78 Å². The summed E-state index contributed by atoms with van der Waals surface area (Å²) < 4.78 is 0. The average Bonchev–Trinajstić information content (AvgIpc) is 2.83. The molecule has 1 amide bonds. The normalized spacial score (nSPS) is 10.3. The number of aromatic carboxylic acids is 1. The third kappa shape index (κ3) is 2.57.